The van der Waals surface area contributed by atoms with Gasteiger partial charge >= 0.3 is 0 Å². The van der Waals surface area contributed by atoms with Crippen molar-refractivity contribution in [3.8, 4) is 22.5 Å². The van der Waals surface area contributed by atoms with E-state index in [1.165, 1.54) is 0 Å². The number of halogens is 2. The van der Waals surface area contributed by atoms with Crippen LogP contribution in [0.1, 0.15) is 25.3 Å². The van der Waals surface area contributed by atoms with Crippen LogP contribution in [0.5, 0.6) is 0 Å². The van der Waals surface area contributed by atoms with E-state index in [0.717, 1.165) is 103 Å². The molecule has 6 rings (SSSR count). The summed E-state index contributed by atoms with van der Waals surface area (Å²) < 4.78 is 14.7. The van der Waals surface area contributed by atoms with Gasteiger partial charge in [0.2, 0.25) is 0 Å². The zero-order valence-electron chi connectivity index (χ0n) is 22.3. The van der Waals surface area contributed by atoms with Crippen LogP contribution in [0.4, 0.5) is 15.9 Å². The minimum atomic E-state index is -0.235. The number of nitrogens with one attached hydrogen (secondary N) is 1. The van der Waals surface area contributed by atoms with Crippen molar-refractivity contribution in [2.45, 2.75) is 26.7 Å². The van der Waals surface area contributed by atoms with Gasteiger partial charge in [-0.3, -0.25) is 0 Å². The molecule has 2 aromatic carbocycles. The van der Waals surface area contributed by atoms with E-state index in [1.807, 2.05) is 37.4 Å². The molecule has 0 unspecified atom stereocenters. The molecule has 6 nitrogen and oxygen atoms in total. The Bertz CT molecular complexity index is 1450. The van der Waals surface area contributed by atoms with Crippen LogP contribution in [0.15, 0.2) is 42.6 Å². The molecule has 4 aromatic rings. The fourth-order valence-corrected chi connectivity index (χ4v) is 5.90. The van der Waals surface area contributed by atoms with Crippen LogP contribution in [0.3, 0.4) is 0 Å². The molecule has 4 heterocycles. The normalized spacial score (nSPS) is 17.5. The molecule has 8 heteroatoms. The van der Waals surface area contributed by atoms with Crippen LogP contribution >= 0.6 is 11.6 Å². The van der Waals surface area contributed by atoms with Crippen LogP contribution in [-0.2, 0) is 0 Å². The molecular weight excluding hydrogens is 499 g/mol. The highest BCUT2D eigenvalue weighted by Gasteiger charge is 2.30. The zero-order chi connectivity index (χ0) is 26.4. The number of rotatable bonds is 4. The fraction of sp³-hybridized carbons (Fsp3) is 0.400. The third-order valence-electron chi connectivity index (χ3n) is 7.97. The second-order valence-electron chi connectivity index (χ2n) is 10.9. The number of aromatic nitrogens is 3. The van der Waals surface area contributed by atoms with Crippen LogP contribution in [0, 0.1) is 18.7 Å². The number of hydrogen-bond acceptors (Lipinski definition) is 5. The maximum absolute atomic E-state index is 14.7. The first-order chi connectivity index (χ1) is 18.4. The average Bonchev–Trinajstić information content (AvgIpc) is 3.31. The molecule has 2 fully saturated rings. The summed E-state index contributed by atoms with van der Waals surface area (Å²) in [6.07, 6.45) is 4.17. The number of piperidine rings is 1. The molecule has 0 aliphatic carbocycles. The van der Waals surface area contributed by atoms with Gasteiger partial charge in [0.15, 0.2) is 0 Å². The van der Waals surface area contributed by atoms with Crippen LogP contribution in [-0.4, -0.2) is 66.2 Å². The summed E-state index contributed by atoms with van der Waals surface area (Å²) in [5.41, 5.74) is 6.48. The van der Waals surface area contributed by atoms with Gasteiger partial charge in [0, 0.05) is 56.1 Å². The first-order valence-corrected chi connectivity index (χ1v) is 13.9. The highest BCUT2D eigenvalue weighted by Crippen LogP contribution is 2.45. The smallest absolute Gasteiger partial charge is 0.144 e. The van der Waals surface area contributed by atoms with E-state index in [2.05, 4.69) is 33.7 Å². The SMILES string of the molecule is Cc1cc(F)cc(-c2cnc(N3CCN(C)CC3)c(-c3nc4ccc(Cl)cc4[nH]3)c2N2CCC(C)CC2)c1. The number of likely N-dealkylation sites (N-methyl/N-ethyl adjacent to an activating group) is 1. The zero-order valence-corrected chi connectivity index (χ0v) is 23.0. The van der Waals surface area contributed by atoms with E-state index in [9.17, 15) is 4.39 Å². The molecule has 2 aromatic heterocycles. The molecule has 0 amide bonds. The Morgan fingerprint density at radius 1 is 0.974 bits per heavy atom. The minimum absolute atomic E-state index is 0.235. The second kappa shape index (κ2) is 10.2. The predicted molar refractivity (Wildman–Crippen MR) is 155 cm³/mol. The predicted octanol–water partition coefficient (Wildman–Crippen LogP) is 6.38. The maximum Gasteiger partial charge on any atom is 0.144 e. The van der Waals surface area contributed by atoms with Crippen molar-refractivity contribution in [1.29, 1.82) is 0 Å². The summed E-state index contributed by atoms with van der Waals surface area (Å²) in [7, 11) is 2.16. The maximum atomic E-state index is 14.7. The van der Waals surface area contributed by atoms with Crippen LogP contribution < -0.4 is 9.80 Å². The molecule has 0 atom stereocenters. The number of hydrogen-bond donors (Lipinski definition) is 1. The number of benzene rings is 2. The number of aromatic amines is 1. The topological polar surface area (TPSA) is 51.3 Å². The Kier molecular flexibility index (Phi) is 6.74. The van der Waals surface area contributed by atoms with Crippen molar-refractivity contribution in [2.24, 2.45) is 5.92 Å². The lowest BCUT2D eigenvalue weighted by Gasteiger charge is -2.38. The molecule has 2 saturated heterocycles. The first-order valence-electron chi connectivity index (χ1n) is 13.5. The third kappa shape index (κ3) is 4.85. The molecule has 1 N–H and O–H groups in total. The molecule has 0 bridgehead atoms. The van der Waals surface area contributed by atoms with E-state index in [1.54, 1.807) is 12.1 Å². The molecule has 0 radical (unpaired) electrons. The van der Waals surface area contributed by atoms with E-state index in [4.69, 9.17) is 21.6 Å². The van der Waals surface area contributed by atoms with Gasteiger partial charge in [0.05, 0.1) is 22.3 Å². The number of pyridine rings is 1. The van der Waals surface area contributed by atoms with Crippen molar-refractivity contribution in [3.63, 3.8) is 0 Å². The number of anilines is 2. The summed E-state index contributed by atoms with van der Waals surface area (Å²) in [6.45, 7) is 9.85. The summed E-state index contributed by atoms with van der Waals surface area (Å²) >= 11 is 6.33. The summed E-state index contributed by atoms with van der Waals surface area (Å²) in [4.78, 5) is 20.8. The number of piperazine rings is 1. The summed E-state index contributed by atoms with van der Waals surface area (Å²) in [5, 5.41) is 0.666. The molecule has 38 heavy (non-hydrogen) atoms. The van der Waals surface area contributed by atoms with Gasteiger partial charge in [-0.15, -0.1) is 0 Å². The molecular formula is C30H34ClFN6. The quantitative estimate of drug-likeness (QED) is 0.330. The van der Waals surface area contributed by atoms with E-state index in [0.29, 0.717) is 10.9 Å². The highest BCUT2D eigenvalue weighted by molar-refractivity contribution is 6.31. The van der Waals surface area contributed by atoms with E-state index in [-0.39, 0.29) is 5.82 Å². The standard InChI is InChI=1S/C30H34ClFN6/c1-19-6-8-37(9-7-19)28-24(21-14-20(2)15-23(32)16-21)18-33-30(38-12-10-36(3)11-13-38)27(28)29-34-25-5-4-22(31)17-26(25)35-29/h4-5,14-19H,6-13H2,1-3H3,(H,34,35). The Labute approximate surface area is 228 Å². The van der Waals surface area contributed by atoms with E-state index < -0.39 is 0 Å². The number of fused-ring (bicyclic) bond motifs is 1. The summed E-state index contributed by atoms with van der Waals surface area (Å²) in [5.74, 6) is 2.14. The van der Waals surface area contributed by atoms with E-state index >= 15 is 0 Å². The lowest BCUT2D eigenvalue weighted by molar-refractivity contribution is 0.312. The summed E-state index contributed by atoms with van der Waals surface area (Å²) in [6, 6.07) is 11.0. The third-order valence-corrected chi connectivity index (χ3v) is 8.20. The molecule has 2 aliphatic heterocycles. The molecule has 2 aliphatic rings. The average molecular weight is 533 g/mol. The van der Waals surface area contributed by atoms with Gasteiger partial charge < -0.3 is 19.7 Å². The van der Waals surface area contributed by atoms with Crippen LogP contribution in [0.2, 0.25) is 5.02 Å². The lowest BCUT2D eigenvalue weighted by Crippen LogP contribution is -2.45. The van der Waals surface area contributed by atoms with Crippen molar-refractivity contribution < 1.29 is 4.39 Å². The largest absolute Gasteiger partial charge is 0.370 e. The second-order valence-corrected chi connectivity index (χ2v) is 11.4. The Balaban J connectivity index is 1.62. The van der Waals surface area contributed by atoms with Gasteiger partial charge in [0.1, 0.15) is 17.5 Å². The lowest BCUT2D eigenvalue weighted by atomic mass is 9.94. The van der Waals surface area contributed by atoms with Crippen molar-refractivity contribution in [3.05, 3.63) is 59.0 Å². The molecule has 198 valence electrons. The van der Waals surface area contributed by atoms with Crippen LogP contribution in [0.25, 0.3) is 33.5 Å². The number of imidazole rings is 1. The molecule has 0 spiro atoms. The highest BCUT2D eigenvalue weighted by atomic mass is 35.5. The van der Waals surface area contributed by atoms with Gasteiger partial charge in [-0.2, -0.15) is 0 Å². The van der Waals surface area contributed by atoms with Gasteiger partial charge in [0.25, 0.3) is 0 Å². The Morgan fingerprint density at radius 2 is 1.74 bits per heavy atom. The number of nitrogens with zero attached hydrogens (tertiary/aromatic N) is 5. The first kappa shape index (κ1) is 25.1. The van der Waals surface area contributed by atoms with Gasteiger partial charge in [-0.05, 0) is 74.2 Å². The Hall–Kier alpha value is -3.16. The number of H-pyrrole nitrogens is 1. The van der Waals surface area contributed by atoms with Crippen molar-refractivity contribution in [1.82, 2.24) is 19.9 Å². The number of aryl methyl sites for hydroxylation is 1. The van der Waals surface area contributed by atoms with Crippen molar-refractivity contribution >= 4 is 34.1 Å². The van der Waals surface area contributed by atoms with Gasteiger partial charge in [-0.25, -0.2) is 14.4 Å². The molecule has 0 saturated carbocycles. The Morgan fingerprint density at radius 3 is 2.47 bits per heavy atom. The fourth-order valence-electron chi connectivity index (χ4n) is 5.73. The van der Waals surface area contributed by atoms with Gasteiger partial charge in [-0.1, -0.05) is 24.6 Å². The monoisotopic (exact) mass is 532 g/mol. The van der Waals surface area contributed by atoms with Crippen molar-refractivity contribution in [2.75, 3.05) is 56.1 Å². The minimum Gasteiger partial charge on any atom is -0.370 e.